The summed E-state index contributed by atoms with van der Waals surface area (Å²) in [6, 6.07) is 5.30. The number of nitrogens with one attached hydrogen (secondary N) is 1. The van der Waals surface area contributed by atoms with Crippen molar-refractivity contribution in [2.24, 2.45) is 16.4 Å². The number of ether oxygens (including phenoxy) is 1. The summed E-state index contributed by atoms with van der Waals surface area (Å²) in [6.07, 6.45) is 7.71. The Morgan fingerprint density at radius 2 is 2.20 bits per heavy atom. The predicted octanol–water partition coefficient (Wildman–Crippen LogP) is 5.39. The van der Waals surface area contributed by atoms with E-state index in [-0.39, 0.29) is 5.75 Å². The Bertz CT molecular complexity index is 1090. The van der Waals surface area contributed by atoms with Crippen LogP contribution in [0.5, 0.6) is 11.5 Å². The van der Waals surface area contributed by atoms with E-state index in [2.05, 4.69) is 41.3 Å². The maximum atomic E-state index is 10.2. The fourth-order valence-corrected chi connectivity index (χ4v) is 5.30. The number of hydrazone groups is 1. The van der Waals surface area contributed by atoms with Crippen molar-refractivity contribution in [2.75, 3.05) is 12.5 Å². The second kappa shape index (κ2) is 8.22. The van der Waals surface area contributed by atoms with Gasteiger partial charge in [0.25, 0.3) is 0 Å². The van der Waals surface area contributed by atoms with E-state index in [9.17, 15) is 5.11 Å². The molecule has 0 radical (unpaired) electrons. The van der Waals surface area contributed by atoms with Crippen molar-refractivity contribution < 1.29 is 9.84 Å². The molecule has 3 aromatic rings. The summed E-state index contributed by atoms with van der Waals surface area (Å²) in [5.41, 5.74) is 5.34. The number of aromatic hydroxyl groups is 1. The number of aromatic nitrogens is 2. The fraction of sp³-hybridized carbons (Fsp3) is 0.435. The molecule has 6 nitrogen and oxygen atoms in total. The number of anilines is 1. The number of phenolic OH excluding ortho intramolecular Hbond substituents is 1. The Morgan fingerprint density at radius 1 is 1.37 bits per heavy atom. The van der Waals surface area contributed by atoms with Crippen molar-refractivity contribution >= 4 is 33.6 Å². The Kier molecular flexibility index (Phi) is 5.64. The van der Waals surface area contributed by atoms with E-state index in [1.807, 2.05) is 6.07 Å². The van der Waals surface area contributed by atoms with Crippen LogP contribution in [0.3, 0.4) is 0 Å². The maximum absolute atomic E-state index is 10.2. The predicted molar refractivity (Wildman–Crippen MR) is 123 cm³/mol. The molecule has 1 aliphatic rings. The minimum atomic E-state index is 0.0657. The van der Waals surface area contributed by atoms with Crippen LogP contribution in [0, 0.1) is 11.3 Å². The molecule has 0 amide bonds. The van der Waals surface area contributed by atoms with Crippen molar-refractivity contribution in [3.63, 3.8) is 0 Å². The molecule has 0 aliphatic heterocycles. The molecule has 0 saturated carbocycles. The van der Waals surface area contributed by atoms with Crippen molar-refractivity contribution in [1.29, 1.82) is 0 Å². The molecule has 0 saturated heterocycles. The SMILES string of the molecule is CCC(C)(C)[C@@H]1CCc2sc3ncnc(N/N=C/c4cccc(OC)c4O)c3c2C1. The van der Waals surface area contributed by atoms with E-state index >= 15 is 0 Å². The van der Waals surface area contributed by atoms with Gasteiger partial charge in [0, 0.05) is 10.4 Å². The number of fused-ring (bicyclic) bond motifs is 3. The zero-order valence-electron chi connectivity index (χ0n) is 17.9. The molecule has 0 unspecified atom stereocenters. The molecule has 0 fully saturated rings. The Hall–Kier alpha value is -2.67. The van der Waals surface area contributed by atoms with Gasteiger partial charge < -0.3 is 9.84 Å². The first-order chi connectivity index (χ1) is 14.4. The Morgan fingerprint density at radius 3 is 2.97 bits per heavy atom. The summed E-state index contributed by atoms with van der Waals surface area (Å²) in [4.78, 5) is 11.4. The van der Waals surface area contributed by atoms with Gasteiger partial charge in [-0.25, -0.2) is 9.97 Å². The molecule has 0 spiro atoms. The molecule has 1 atom stereocenters. The molecule has 0 bridgehead atoms. The van der Waals surface area contributed by atoms with E-state index in [1.165, 1.54) is 30.4 Å². The quantitative estimate of drug-likeness (QED) is 0.409. The molecule has 1 aliphatic carbocycles. The van der Waals surface area contributed by atoms with E-state index < -0.39 is 0 Å². The molecule has 4 rings (SSSR count). The summed E-state index contributed by atoms with van der Waals surface area (Å²) in [5.74, 6) is 1.85. The van der Waals surface area contributed by atoms with Crippen molar-refractivity contribution in [2.45, 2.75) is 46.5 Å². The smallest absolute Gasteiger partial charge is 0.166 e. The van der Waals surface area contributed by atoms with Crippen molar-refractivity contribution in [3.8, 4) is 11.5 Å². The third-order valence-electron chi connectivity index (χ3n) is 6.48. The van der Waals surface area contributed by atoms with Crippen LogP contribution in [-0.2, 0) is 12.8 Å². The highest BCUT2D eigenvalue weighted by atomic mass is 32.1. The van der Waals surface area contributed by atoms with Gasteiger partial charge >= 0.3 is 0 Å². The van der Waals surface area contributed by atoms with Crippen LogP contribution < -0.4 is 10.2 Å². The number of aryl methyl sites for hydroxylation is 1. The van der Waals surface area contributed by atoms with E-state index in [0.717, 1.165) is 23.1 Å². The number of methoxy groups -OCH3 is 1. The summed E-state index contributed by atoms with van der Waals surface area (Å²) in [6.45, 7) is 7.02. The lowest BCUT2D eigenvalue weighted by molar-refractivity contribution is 0.184. The first-order valence-electron chi connectivity index (χ1n) is 10.3. The normalized spacial score (nSPS) is 16.7. The number of nitrogens with zero attached hydrogens (tertiary/aromatic N) is 3. The number of rotatable bonds is 6. The van der Waals surface area contributed by atoms with Crippen LogP contribution in [0.4, 0.5) is 5.82 Å². The average Bonchev–Trinajstić information content (AvgIpc) is 3.13. The second-order valence-electron chi connectivity index (χ2n) is 8.46. The fourth-order valence-electron chi connectivity index (χ4n) is 4.12. The summed E-state index contributed by atoms with van der Waals surface area (Å²) < 4.78 is 5.16. The third-order valence-corrected chi connectivity index (χ3v) is 7.68. The third kappa shape index (κ3) is 3.74. The topological polar surface area (TPSA) is 79.6 Å². The van der Waals surface area contributed by atoms with Gasteiger partial charge in [0.2, 0.25) is 0 Å². The van der Waals surface area contributed by atoms with E-state index in [0.29, 0.717) is 28.5 Å². The van der Waals surface area contributed by atoms with Crippen LogP contribution in [0.25, 0.3) is 10.2 Å². The first kappa shape index (κ1) is 20.6. The molecule has 7 heteroatoms. The molecular formula is C23H28N4O2S. The van der Waals surface area contributed by atoms with Gasteiger partial charge in [0.15, 0.2) is 17.3 Å². The number of hydrogen-bond donors (Lipinski definition) is 2. The Labute approximate surface area is 181 Å². The van der Waals surface area contributed by atoms with Gasteiger partial charge in [-0.2, -0.15) is 5.10 Å². The van der Waals surface area contributed by atoms with Gasteiger partial charge in [-0.3, -0.25) is 5.43 Å². The van der Waals surface area contributed by atoms with Crippen molar-refractivity contribution in [3.05, 3.63) is 40.5 Å². The van der Waals surface area contributed by atoms with Gasteiger partial charge in [0.1, 0.15) is 11.2 Å². The molecule has 1 aromatic carbocycles. The minimum absolute atomic E-state index is 0.0657. The maximum Gasteiger partial charge on any atom is 0.166 e. The second-order valence-corrected chi connectivity index (χ2v) is 9.54. The lowest BCUT2D eigenvalue weighted by atomic mass is 9.69. The first-order valence-corrected chi connectivity index (χ1v) is 11.2. The standard InChI is InChI=1S/C23H28N4O2S/c1-5-23(2,3)15-9-10-18-16(11-15)19-21(24-13-25-22(19)30-18)27-26-12-14-7-6-8-17(29-4)20(14)28/h6-8,12-13,15,28H,5,9-11H2,1-4H3,(H,24,25,27)/b26-12+/t15-/m1/s1. The molecule has 2 N–H and O–H groups in total. The lowest BCUT2D eigenvalue weighted by Crippen LogP contribution is -2.28. The minimum Gasteiger partial charge on any atom is -0.504 e. The monoisotopic (exact) mass is 424 g/mol. The van der Waals surface area contributed by atoms with E-state index in [4.69, 9.17) is 4.74 Å². The highest BCUT2D eigenvalue weighted by molar-refractivity contribution is 7.19. The van der Waals surface area contributed by atoms with E-state index in [1.54, 1.807) is 36.0 Å². The number of para-hydroxylation sites is 1. The highest BCUT2D eigenvalue weighted by Crippen LogP contribution is 2.45. The van der Waals surface area contributed by atoms with Crippen LogP contribution in [0.1, 0.15) is 49.6 Å². The van der Waals surface area contributed by atoms with Crippen LogP contribution in [0.15, 0.2) is 29.6 Å². The molecule has 30 heavy (non-hydrogen) atoms. The number of benzene rings is 1. The summed E-state index contributed by atoms with van der Waals surface area (Å²) in [5, 5.41) is 15.7. The molecular weight excluding hydrogens is 396 g/mol. The van der Waals surface area contributed by atoms with Crippen LogP contribution in [-0.4, -0.2) is 28.4 Å². The van der Waals surface area contributed by atoms with Crippen molar-refractivity contribution in [1.82, 2.24) is 9.97 Å². The highest BCUT2D eigenvalue weighted by Gasteiger charge is 2.33. The van der Waals surface area contributed by atoms with Gasteiger partial charge in [-0.05, 0) is 48.3 Å². The Balaban J connectivity index is 1.64. The number of phenols is 1. The molecule has 2 heterocycles. The van der Waals surface area contributed by atoms with Gasteiger partial charge in [0.05, 0.1) is 18.7 Å². The molecule has 2 aromatic heterocycles. The largest absolute Gasteiger partial charge is 0.504 e. The van der Waals surface area contributed by atoms with Crippen LogP contribution >= 0.6 is 11.3 Å². The number of thiophene rings is 1. The van der Waals surface area contributed by atoms with Gasteiger partial charge in [-0.15, -0.1) is 11.3 Å². The average molecular weight is 425 g/mol. The molecule has 158 valence electrons. The number of hydrogen-bond acceptors (Lipinski definition) is 7. The lowest BCUT2D eigenvalue weighted by Gasteiger charge is -2.36. The zero-order chi connectivity index (χ0) is 21.3. The van der Waals surface area contributed by atoms with Gasteiger partial charge in [-0.1, -0.05) is 33.3 Å². The zero-order valence-corrected chi connectivity index (χ0v) is 18.7. The summed E-state index contributed by atoms with van der Waals surface area (Å²) in [7, 11) is 1.53. The van der Waals surface area contributed by atoms with Crippen LogP contribution in [0.2, 0.25) is 0 Å². The summed E-state index contributed by atoms with van der Waals surface area (Å²) >= 11 is 1.77.